The zero-order chi connectivity index (χ0) is 21.6. The van der Waals surface area contributed by atoms with E-state index >= 15 is 0 Å². The quantitative estimate of drug-likeness (QED) is 0.663. The van der Waals surface area contributed by atoms with Crippen molar-refractivity contribution >= 4 is 27.6 Å². The van der Waals surface area contributed by atoms with Gasteiger partial charge in [0.2, 0.25) is 0 Å². The van der Waals surface area contributed by atoms with Gasteiger partial charge in [-0.1, -0.05) is 0 Å². The number of piperazine rings is 1. The lowest BCUT2D eigenvalue weighted by molar-refractivity contribution is -0.137. The second-order valence-electron chi connectivity index (χ2n) is 8.55. The smallest absolute Gasteiger partial charge is 0.416 e. The molecule has 1 aliphatic heterocycles. The van der Waals surface area contributed by atoms with Gasteiger partial charge in [-0.25, -0.2) is 9.78 Å². The summed E-state index contributed by atoms with van der Waals surface area (Å²) in [7, 11) is 0. The van der Waals surface area contributed by atoms with E-state index in [1.165, 1.54) is 17.4 Å². The van der Waals surface area contributed by atoms with Crippen molar-refractivity contribution in [2.75, 3.05) is 13.1 Å². The fraction of sp³-hybridized carbons (Fsp3) is 0.600. The molecule has 1 aliphatic rings. The molecule has 1 saturated heterocycles. The van der Waals surface area contributed by atoms with Crippen LogP contribution in [0.1, 0.15) is 45.2 Å². The molecule has 0 saturated carbocycles. The summed E-state index contributed by atoms with van der Waals surface area (Å²) in [6.07, 6.45) is -4.70. The second kappa shape index (κ2) is 7.75. The Morgan fingerprint density at radius 3 is 2.52 bits per heavy atom. The van der Waals surface area contributed by atoms with Crippen LogP contribution < -0.4 is 0 Å². The number of amides is 1. The maximum absolute atomic E-state index is 12.9. The molecule has 5 nitrogen and oxygen atoms in total. The summed E-state index contributed by atoms with van der Waals surface area (Å²) < 4.78 is 45.0. The minimum atomic E-state index is -4.38. The number of aromatic nitrogens is 1. The molecule has 9 heteroatoms. The first-order valence-corrected chi connectivity index (χ1v) is 10.4. The average Bonchev–Trinajstić information content (AvgIpc) is 2.96. The van der Waals surface area contributed by atoms with E-state index in [1.807, 2.05) is 34.6 Å². The van der Waals surface area contributed by atoms with Gasteiger partial charge >= 0.3 is 12.3 Å². The highest BCUT2D eigenvalue weighted by molar-refractivity contribution is 7.18. The number of halogens is 3. The number of benzene rings is 1. The summed E-state index contributed by atoms with van der Waals surface area (Å²) in [5.41, 5.74) is -0.865. The molecule has 1 fully saturated rings. The molecule has 0 radical (unpaired) electrons. The molecular weight excluding hydrogens is 403 g/mol. The lowest BCUT2D eigenvalue weighted by Crippen LogP contribution is -2.58. The monoisotopic (exact) mass is 429 g/mol. The molecule has 2 aromatic rings. The number of nitrogens with zero attached hydrogens (tertiary/aromatic N) is 3. The maximum Gasteiger partial charge on any atom is 0.416 e. The predicted molar refractivity (Wildman–Crippen MR) is 107 cm³/mol. The van der Waals surface area contributed by atoms with Crippen LogP contribution in [-0.4, -0.2) is 51.7 Å². The lowest BCUT2D eigenvalue weighted by Gasteiger charge is -2.43. The van der Waals surface area contributed by atoms with Crippen molar-refractivity contribution < 1.29 is 22.7 Å². The van der Waals surface area contributed by atoms with Crippen LogP contribution >= 0.6 is 11.3 Å². The molecule has 0 N–H and O–H groups in total. The highest BCUT2D eigenvalue weighted by Gasteiger charge is 2.35. The Kier molecular flexibility index (Phi) is 5.84. The third-order valence-electron chi connectivity index (χ3n) is 4.84. The SMILES string of the molecule is C[C@@H]1CN(Cc2nc3cc(C(F)(F)F)ccc3s2)[C@@H](C)CN1C(=O)OC(C)(C)C. The lowest BCUT2D eigenvalue weighted by atomic mass is 10.1. The molecule has 2 atom stereocenters. The van der Waals surface area contributed by atoms with Crippen LogP contribution in [0.15, 0.2) is 18.2 Å². The minimum absolute atomic E-state index is 0.0349. The molecule has 1 aromatic heterocycles. The van der Waals surface area contributed by atoms with Crippen molar-refractivity contribution in [3.63, 3.8) is 0 Å². The third-order valence-corrected chi connectivity index (χ3v) is 5.86. The van der Waals surface area contributed by atoms with Crippen LogP contribution in [0.25, 0.3) is 10.2 Å². The van der Waals surface area contributed by atoms with E-state index in [-0.39, 0.29) is 18.2 Å². The number of carbonyl (C=O) groups excluding carboxylic acids is 1. The molecule has 3 rings (SSSR count). The molecule has 0 spiro atoms. The normalized spacial score (nSPS) is 21.6. The number of rotatable bonds is 2. The van der Waals surface area contributed by atoms with E-state index in [0.29, 0.717) is 25.2 Å². The molecule has 1 amide bonds. The summed E-state index contributed by atoms with van der Waals surface area (Å²) in [6.45, 7) is 11.2. The van der Waals surface area contributed by atoms with Gasteiger partial charge in [-0.15, -0.1) is 11.3 Å². The molecule has 0 unspecified atom stereocenters. The van der Waals surface area contributed by atoms with Gasteiger partial charge in [0, 0.05) is 25.2 Å². The largest absolute Gasteiger partial charge is 0.444 e. The number of hydrogen-bond donors (Lipinski definition) is 0. The van der Waals surface area contributed by atoms with Gasteiger partial charge in [0.1, 0.15) is 10.6 Å². The number of hydrogen-bond acceptors (Lipinski definition) is 5. The Labute approximate surface area is 172 Å². The molecule has 0 aliphatic carbocycles. The van der Waals surface area contributed by atoms with E-state index in [4.69, 9.17) is 4.74 Å². The van der Waals surface area contributed by atoms with Crippen LogP contribution in [0, 0.1) is 0 Å². The fourth-order valence-electron chi connectivity index (χ4n) is 3.39. The summed E-state index contributed by atoms with van der Waals surface area (Å²) in [5, 5.41) is 0.768. The van der Waals surface area contributed by atoms with Crippen LogP contribution in [0.4, 0.5) is 18.0 Å². The van der Waals surface area contributed by atoms with Crippen molar-refractivity contribution in [3.05, 3.63) is 28.8 Å². The van der Waals surface area contributed by atoms with Gasteiger partial charge in [-0.2, -0.15) is 13.2 Å². The Hall–Kier alpha value is -1.87. The van der Waals surface area contributed by atoms with Crippen LogP contribution in [-0.2, 0) is 17.5 Å². The minimum Gasteiger partial charge on any atom is -0.444 e. The number of carbonyl (C=O) groups is 1. The Bertz CT molecular complexity index is 891. The summed E-state index contributed by atoms with van der Waals surface area (Å²) in [5.74, 6) is 0. The highest BCUT2D eigenvalue weighted by Crippen LogP contribution is 2.33. The average molecular weight is 430 g/mol. The van der Waals surface area contributed by atoms with Gasteiger partial charge < -0.3 is 9.64 Å². The second-order valence-corrected chi connectivity index (χ2v) is 9.66. The third kappa shape index (κ3) is 5.19. The van der Waals surface area contributed by atoms with Gasteiger partial charge in [-0.05, 0) is 52.8 Å². The van der Waals surface area contributed by atoms with Gasteiger partial charge in [0.25, 0.3) is 0 Å². The van der Waals surface area contributed by atoms with Gasteiger partial charge in [0.15, 0.2) is 0 Å². The van der Waals surface area contributed by atoms with E-state index in [9.17, 15) is 18.0 Å². The first-order chi connectivity index (χ1) is 13.3. The first kappa shape index (κ1) is 21.8. The molecule has 2 heterocycles. The van der Waals surface area contributed by atoms with Gasteiger partial charge in [0.05, 0.1) is 22.3 Å². The highest BCUT2D eigenvalue weighted by atomic mass is 32.1. The van der Waals surface area contributed by atoms with E-state index in [0.717, 1.165) is 21.8 Å². The summed E-state index contributed by atoms with van der Waals surface area (Å²) in [6, 6.07) is 3.71. The van der Waals surface area contributed by atoms with Crippen molar-refractivity contribution in [2.45, 2.75) is 65.0 Å². The maximum atomic E-state index is 12.9. The molecule has 1 aromatic carbocycles. The zero-order valence-corrected chi connectivity index (χ0v) is 18.0. The number of thiazole rings is 1. The Morgan fingerprint density at radius 1 is 1.21 bits per heavy atom. The first-order valence-electron chi connectivity index (χ1n) is 9.54. The molecular formula is C20H26F3N3O2S. The van der Waals surface area contributed by atoms with E-state index < -0.39 is 17.3 Å². The molecule has 29 heavy (non-hydrogen) atoms. The standard InChI is InChI=1S/C20H26F3N3O2S/c1-12-10-26(18(27)28-19(3,4)5)13(2)9-25(12)11-17-24-15-8-14(20(21,22)23)6-7-16(15)29-17/h6-8,12-13H,9-11H2,1-5H3/t12-,13+/m0/s1. The van der Waals surface area contributed by atoms with E-state index in [1.54, 1.807) is 4.90 Å². The zero-order valence-electron chi connectivity index (χ0n) is 17.2. The summed E-state index contributed by atoms with van der Waals surface area (Å²) >= 11 is 1.40. The van der Waals surface area contributed by atoms with Crippen molar-refractivity contribution in [1.29, 1.82) is 0 Å². The molecule has 160 valence electrons. The van der Waals surface area contributed by atoms with Crippen LogP contribution in [0.3, 0.4) is 0 Å². The number of fused-ring (bicyclic) bond motifs is 1. The van der Waals surface area contributed by atoms with Gasteiger partial charge in [-0.3, -0.25) is 4.90 Å². The number of alkyl halides is 3. The molecule has 0 bridgehead atoms. The van der Waals surface area contributed by atoms with E-state index in [2.05, 4.69) is 9.88 Å². The van der Waals surface area contributed by atoms with Crippen molar-refractivity contribution in [3.8, 4) is 0 Å². The Morgan fingerprint density at radius 2 is 1.90 bits per heavy atom. The topological polar surface area (TPSA) is 45.7 Å². The van der Waals surface area contributed by atoms with Crippen molar-refractivity contribution in [2.24, 2.45) is 0 Å². The Balaban J connectivity index is 1.70. The number of ether oxygens (including phenoxy) is 1. The predicted octanol–water partition coefficient (Wildman–Crippen LogP) is 5.14. The van der Waals surface area contributed by atoms with Crippen LogP contribution in [0.2, 0.25) is 0 Å². The van der Waals surface area contributed by atoms with Crippen LogP contribution in [0.5, 0.6) is 0 Å². The van der Waals surface area contributed by atoms with Crippen molar-refractivity contribution in [1.82, 2.24) is 14.8 Å². The summed E-state index contributed by atoms with van der Waals surface area (Å²) in [4.78, 5) is 20.8. The fourth-order valence-corrected chi connectivity index (χ4v) is 4.36.